The van der Waals surface area contributed by atoms with Crippen LogP contribution in [0, 0.1) is 0 Å². The molecule has 0 fully saturated rings. The van der Waals surface area contributed by atoms with E-state index in [1.54, 1.807) is 0 Å². The van der Waals surface area contributed by atoms with Gasteiger partial charge in [0.1, 0.15) is 0 Å². The van der Waals surface area contributed by atoms with E-state index in [-0.39, 0.29) is 8.80 Å². The standard InChI is InChI=1S/C9H19Si/c1-4-7-10(8-5-2)9-6-3/h4H,1,5-9H2,2-3H3. The third-order valence-electron chi connectivity index (χ3n) is 1.64. The van der Waals surface area contributed by atoms with Gasteiger partial charge in [0.25, 0.3) is 0 Å². The Hall–Kier alpha value is -0.0431. The van der Waals surface area contributed by atoms with E-state index in [0.29, 0.717) is 0 Å². The zero-order valence-electron chi connectivity index (χ0n) is 7.32. The van der Waals surface area contributed by atoms with Crippen LogP contribution >= 0.6 is 0 Å². The highest BCUT2D eigenvalue weighted by Gasteiger charge is 2.05. The largest absolute Gasteiger partial charge is 0.103 e. The molecule has 0 unspecified atom stereocenters. The minimum Gasteiger partial charge on any atom is -0.103 e. The smallest absolute Gasteiger partial charge is 0.0518 e. The Labute approximate surface area is 66.9 Å². The predicted octanol–water partition coefficient (Wildman–Crippen LogP) is 3.49. The molecule has 0 N–H and O–H groups in total. The predicted molar refractivity (Wildman–Crippen MR) is 51.0 cm³/mol. The summed E-state index contributed by atoms with van der Waals surface area (Å²) in [7, 11) is -0.0154. The van der Waals surface area contributed by atoms with Crippen molar-refractivity contribution in [2.75, 3.05) is 0 Å². The molecule has 0 aromatic rings. The summed E-state index contributed by atoms with van der Waals surface area (Å²) in [5, 5.41) is 0. The summed E-state index contributed by atoms with van der Waals surface area (Å²) in [6.07, 6.45) is 4.82. The van der Waals surface area contributed by atoms with Crippen LogP contribution in [0.15, 0.2) is 12.7 Å². The Balaban J connectivity index is 3.38. The van der Waals surface area contributed by atoms with Crippen molar-refractivity contribution in [3.8, 4) is 0 Å². The fourth-order valence-electron chi connectivity index (χ4n) is 1.24. The van der Waals surface area contributed by atoms with Crippen molar-refractivity contribution in [2.45, 2.75) is 44.8 Å². The summed E-state index contributed by atoms with van der Waals surface area (Å²) in [5.74, 6) is 0. The molecule has 1 heteroatoms. The molecule has 0 aliphatic heterocycles. The maximum atomic E-state index is 3.79. The molecular formula is C9H19Si. The molecule has 0 aliphatic carbocycles. The van der Waals surface area contributed by atoms with Gasteiger partial charge in [0.15, 0.2) is 0 Å². The van der Waals surface area contributed by atoms with Crippen LogP contribution < -0.4 is 0 Å². The summed E-state index contributed by atoms with van der Waals surface area (Å²) in [6.45, 7) is 8.35. The van der Waals surface area contributed by atoms with Crippen molar-refractivity contribution in [2.24, 2.45) is 0 Å². The van der Waals surface area contributed by atoms with E-state index in [2.05, 4.69) is 26.5 Å². The molecule has 59 valence electrons. The van der Waals surface area contributed by atoms with Crippen LogP contribution in [-0.4, -0.2) is 8.80 Å². The normalized spacial score (nSPS) is 10.3. The lowest BCUT2D eigenvalue weighted by atomic mass is 10.6. The van der Waals surface area contributed by atoms with Crippen molar-refractivity contribution in [1.82, 2.24) is 0 Å². The molecule has 0 heterocycles. The van der Waals surface area contributed by atoms with Crippen molar-refractivity contribution in [3.05, 3.63) is 12.7 Å². The number of hydrogen-bond acceptors (Lipinski definition) is 0. The Morgan fingerprint density at radius 2 is 1.70 bits per heavy atom. The van der Waals surface area contributed by atoms with E-state index >= 15 is 0 Å². The molecule has 0 bridgehead atoms. The zero-order chi connectivity index (χ0) is 7.82. The van der Waals surface area contributed by atoms with Gasteiger partial charge in [-0.25, -0.2) is 0 Å². The van der Waals surface area contributed by atoms with Gasteiger partial charge in [0, 0.05) is 0 Å². The third kappa shape index (κ3) is 4.80. The van der Waals surface area contributed by atoms with Gasteiger partial charge in [-0.15, -0.1) is 6.58 Å². The molecule has 0 nitrogen and oxygen atoms in total. The van der Waals surface area contributed by atoms with Crippen molar-refractivity contribution in [3.63, 3.8) is 0 Å². The Morgan fingerprint density at radius 3 is 2.00 bits per heavy atom. The van der Waals surface area contributed by atoms with Gasteiger partial charge in [-0.1, -0.05) is 44.9 Å². The van der Waals surface area contributed by atoms with E-state index < -0.39 is 0 Å². The molecular weight excluding hydrogens is 136 g/mol. The van der Waals surface area contributed by atoms with Gasteiger partial charge in [-0.3, -0.25) is 0 Å². The lowest BCUT2D eigenvalue weighted by molar-refractivity contribution is 0.999. The minimum atomic E-state index is -0.0154. The number of rotatable bonds is 6. The molecule has 0 aromatic heterocycles. The fourth-order valence-corrected chi connectivity index (χ4v) is 3.72. The maximum Gasteiger partial charge on any atom is 0.0518 e. The third-order valence-corrected chi connectivity index (χ3v) is 4.92. The molecule has 0 rings (SSSR count). The molecule has 0 atom stereocenters. The van der Waals surface area contributed by atoms with Crippen LogP contribution in [0.1, 0.15) is 26.7 Å². The molecule has 0 saturated carbocycles. The van der Waals surface area contributed by atoms with E-state index in [9.17, 15) is 0 Å². The van der Waals surface area contributed by atoms with Crippen LogP contribution in [0.2, 0.25) is 18.1 Å². The molecule has 0 aromatic carbocycles. The van der Waals surface area contributed by atoms with Crippen LogP contribution in [0.5, 0.6) is 0 Å². The van der Waals surface area contributed by atoms with E-state index in [0.717, 1.165) is 0 Å². The summed E-state index contributed by atoms with van der Waals surface area (Å²) in [4.78, 5) is 0. The second kappa shape index (κ2) is 7.07. The number of hydrogen-bond donors (Lipinski definition) is 0. The van der Waals surface area contributed by atoms with Crippen LogP contribution in [0.4, 0.5) is 0 Å². The molecule has 0 saturated heterocycles. The van der Waals surface area contributed by atoms with Crippen LogP contribution in [0.25, 0.3) is 0 Å². The second-order valence-electron chi connectivity index (χ2n) is 2.74. The summed E-state index contributed by atoms with van der Waals surface area (Å²) in [5.41, 5.74) is 0. The zero-order valence-corrected chi connectivity index (χ0v) is 8.32. The van der Waals surface area contributed by atoms with Gasteiger partial charge in [0.05, 0.1) is 8.80 Å². The molecule has 1 radical (unpaired) electrons. The lowest BCUT2D eigenvalue weighted by Crippen LogP contribution is -2.08. The Bertz CT molecular complexity index is 72.8. The van der Waals surface area contributed by atoms with Gasteiger partial charge in [-0.2, -0.15) is 0 Å². The van der Waals surface area contributed by atoms with E-state index in [1.165, 1.54) is 31.0 Å². The summed E-state index contributed by atoms with van der Waals surface area (Å²) in [6, 6.07) is 4.27. The molecule has 10 heavy (non-hydrogen) atoms. The molecule has 0 spiro atoms. The van der Waals surface area contributed by atoms with Crippen molar-refractivity contribution in [1.29, 1.82) is 0 Å². The highest BCUT2D eigenvalue weighted by atomic mass is 28.3. The first kappa shape index (κ1) is 9.96. The first-order chi connectivity index (χ1) is 4.85. The topological polar surface area (TPSA) is 0 Å². The first-order valence-corrected chi connectivity index (χ1v) is 6.41. The van der Waals surface area contributed by atoms with Crippen LogP contribution in [0.3, 0.4) is 0 Å². The van der Waals surface area contributed by atoms with Gasteiger partial charge >= 0.3 is 0 Å². The minimum absolute atomic E-state index is 0.0154. The highest BCUT2D eigenvalue weighted by Crippen LogP contribution is 2.10. The maximum absolute atomic E-state index is 3.79. The quantitative estimate of drug-likeness (QED) is 0.407. The summed E-state index contributed by atoms with van der Waals surface area (Å²) >= 11 is 0. The first-order valence-electron chi connectivity index (χ1n) is 4.29. The average Bonchev–Trinajstić information content (AvgIpc) is 1.90. The van der Waals surface area contributed by atoms with Crippen molar-refractivity contribution >= 4 is 8.80 Å². The SMILES string of the molecule is C=CC[Si](CCC)CCC. The van der Waals surface area contributed by atoms with Crippen molar-refractivity contribution < 1.29 is 0 Å². The van der Waals surface area contributed by atoms with Gasteiger partial charge in [0.2, 0.25) is 0 Å². The Morgan fingerprint density at radius 1 is 1.20 bits per heavy atom. The molecule has 0 aliphatic rings. The van der Waals surface area contributed by atoms with E-state index in [4.69, 9.17) is 0 Å². The highest BCUT2D eigenvalue weighted by molar-refractivity contribution is 6.59. The Kier molecular flexibility index (Phi) is 7.04. The van der Waals surface area contributed by atoms with Gasteiger partial charge in [-0.05, 0) is 6.04 Å². The summed E-state index contributed by atoms with van der Waals surface area (Å²) < 4.78 is 0. The average molecular weight is 155 g/mol. The fraction of sp³-hybridized carbons (Fsp3) is 0.778. The number of allylic oxidation sites excluding steroid dienone is 1. The lowest BCUT2D eigenvalue weighted by Gasteiger charge is -2.08. The van der Waals surface area contributed by atoms with E-state index in [1.807, 2.05) is 0 Å². The second-order valence-corrected chi connectivity index (χ2v) is 5.65. The van der Waals surface area contributed by atoms with Gasteiger partial charge < -0.3 is 0 Å². The van der Waals surface area contributed by atoms with Crippen LogP contribution in [-0.2, 0) is 0 Å². The monoisotopic (exact) mass is 155 g/mol. The molecule has 0 amide bonds.